The second kappa shape index (κ2) is 9.07. The number of rotatable bonds is 6. The van der Waals surface area contributed by atoms with Gasteiger partial charge in [0.05, 0.1) is 11.4 Å². The SMILES string of the molecule is CC(/C=C\C(C)C)=Nc1c(C)cccc1-c1nc(Cc2ccc(F)cc2)cs1. The van der Waals surface area contributed by atoms with E-state index in [0.717, 1.165) is 38.8 Å². The van der Waals surface area contributed by atoms with Crippen molar-refractivity contribution in [1.82, 2.24) is 4.98 Å². The van der Waals surface area contributed by atoms with Crippen LogP contribution in [0.3, 0.4) is 0 Å². The van der Waals surface area contributed by atoms with E-state index in [-0.39, 0.29) is 5.82 Å². The minimum absolute atomic E-state index is 0.216. The molecule has 0 saturated heterocycles. The molecule has 0 atom stereocenters. The molecule has 3 aromatic rings. The molecule has 1 aromatic heterocycles. The van der Waals surface area contributed by atoms with Crippen LogP contribution in [0, 0.1) is 18.7 Å². The third-order valence-corrected chi connectivity index (χ3v) is 5.25. The molecule has 0 spiro atoms. The van der Waals surface area contributed by atoms with Crippen LogP contribution in [0.15, 0.2) is 65.0 Å². The van der Waals surface area contributed by atoms with Gasteiger partial charge in [-0.2, -0.15) is 0 Å². The number of hydrogen-bond donors (Lipinski definition) is 0. The van der Waals surface area contributed by atoms with E-state index >= 15 is 0 Å². The molecule has 0 aliphatic carbocycles. The molecule has 0 amide bonds. The molecule has 0 N–H and O–H groups in total. The Balaban J connectivity index is 1.90. The first kappa shape index (κ1) is 20.2. The lowest BCUT2D eigenvalue weighted by Gasteiger charge is -2.07. The highest BCUT2D eigenvalue weighted by Gasteiger charge is 2.12. The van der Waals surface area contributed by atoms with Gasteiger partial charge in [0.15, 0.2) is 0 Å². The summed E-state index contributed by atoms with van der Waals surface area (Å²) in [6.45, 7) is 8.41. The van der Waals surface area contributed by atoms with Gasteiger partial charge in [0.2, 0.25) is 0 Å². The van der Waals surface area contributed by atoms with E-state index < -0.39 is 0 Å². The predicted octanol–water partition coefficient (Wildman–Crippen LogP) is 7.15. The maximum absolute atomic E-state index is 13.1. The Morgan fingerprint density at radius 1 is 1.18 bits per heavy atom. The Bertz CT molecular complexity index is 998. The Morgan fingerprint density at radius 3 is 2.64 bits per heavy atom. The number of hydrogen-bond acceptors (Lipinski definition) is 3. The van der Waals surface area contributed by atoms with Crippen LogP contribution in [0.1, 0.15) is 37.6 Å². The van der Waals surface area contributed by atoms with E-state index in [1.165, 1.54) is 12.1 Å². The van der Waals surface area contributed by atoms with Gasteiger partial charge in [0.1, 0.15) is 10.8 Å². The summed E-state index contributed by atoms with van der Waals surface area (Å²) in [5.74, 6) is 0.279. The van der Waals surface area contributed by atoms with E-state index in [4.69, 9.17) is 9.98 Å². The molecule has 0 bridgehead atoms. The average Bonchev–Trinajstić information content (AvgIpc) is 3.12. The van der Waals surface area contributed by atoms with Crippen LogP contribution < -0.4 is 0 Å². The van der Waals surface area contributed by atoms with Crippen molar-refractivity contribution in [2.75, 3.05) is 0 Å². The first-order chi connectivity index (χ1) is 13.4. The third kappa shape index (κ3) is 5.23. The van der Waals surface area contributed by atoms with Crippen LogP contribution in [-0.2, 0) is 6.42 Å². The van der Waals surface area contributed by atoms with E-state index in [9.17, 15) is 4.39 Å². The minimum Gasteiger partial charge on any atom is -0.253 e. The molecule has 2 aromatic carbocycles. The number of halogens is 1. The summed E-state index contributed by atoms with van der Waals surface area (Å²) in [7, 11) is 0. The summed E-state index contributed by atoms with van der Waals surface area (Å²) in [5.41, 5.74) is 6.16. The monoisotopic (exact) mass is 392 g/mol. The zero-order chi connectivity index (χ0) is 20.1. The molecule has 28 heavy (non-hydrogen) atoms. The van der Waals surface area contributed by atoms with Gasteiger partial charge in [-0.25, -0.2) is 9.37 Å². The highest BCUT2D eigenvalue weighted by Crippen LogP contribution is 2.35. The fourth-order valence-electron chi connectivity index (χ4n) is 2.85. The molecule has 0 unspecified atom stereocenters. The molecular formula is C24H25FN2S. The third-order valence-electron chi connectivity index (χ3n) is 4.33. The van der Waals surface area contributed by atoms with Crippen LogP contribution in [0.5, 0.6) is 0 Å². The summed E-state index contributed by atoms with van der Waals surface area (Å²) < 4.78 is 13.1. The molecular weight excluding hydrogens is 367 g/mol. The van der Waals surface area contributed by atoms with Gasteiger partial charge in [-0.05, 0) is 55.2 Å². The number of aromatic nitrogens is 1. The van der Waals surface area contributed by atoms with Crippen molar-refractivity contribution >= 4 is 22.7 Å². The second-order valence-corrected chi connectivity index (χ2v) is 8.13. The van der Waals surface area contributed by atoms with Gasteiger partial charge in [0.25, 0.3) is 0 Å². The molecule has 0 aliphatic rings. The molecule has 144 valence electrons. The normalized spacial score (nSPS) is 12.3. The summed E-state index contributed by atoms with van der Waals surface area (Å²) in [4.78, 5) is 9.68. The van der Waals surface area contributed by atoms with Crippen LogP contribution in [0.25, 0.3) is 10.6 Å². The van der Waals surface area contributed by atoms with Gasteiger partial charge in [-0.15, -0.1) is 11.3 Å². The Morgan fingerprint density at radius 2 is 1.93 bits per heavy atom. The van der Waals surface area contributed by atoms with Gasteiger partial charge in [0, 0.05) is 23.1 Å². The van der Waals surface area contributed by atoms with Crippen LogP contribution in [0.2, 0.25) is 0 Å². The summed E-state index contributed by atoms with van der Waals surface area (Å²) >= 11 is 1.62. The van der Waals surface area contributed by atoms with Crippen molar-refractivity contribution in [3.8, 4) is 10.6 Å². The van der Waals surface area contributed by atoms with E-state index in [1.54, 1.807) is 23.5 Å². The number of nitrogens with zero attached hydrogens (tertiary/aromatic N) is 2. The highest BCUT2D eigenvalue weighted by atomic mass is 32.1. The van der Waals surface area contributed by atoms with Gasteiger partial charge in [-0.3, -0.25) is 4.99 Å². The molecule has 0 fully saturated rings. The summed E-state index contributed by atoms with van der Waals surface area (Å²) in [5, 5.41) is 3.03. The van der Waals surface area contributed by atoms with E-state index in [0.29, 0.717) is 12.3 Å². The predicted molar refractivity (Wildman–Crippen MR) is 118 cm³/mol. The van der Waals surface area contributed by atoms with Crippen LogP contribution >= 0.6 is 11.3 Å². The highest BCUT2D eigenvalue weighted by molar-refractivity contribution is 7.13. The zero-order valence-corrected chi connectivity index (χ0v) is 17.6. The number of para-hydroxylation sites is 1. The maximum Gasteiger partial charge on any atom is 0.125 e. The first-order valence-electron chi connectivity index (χ1n) is 9.44. The van der Waals surface area contributed by atoms with Gasteiger partial charge in [-0.1, -0.05) is 44.2 Å². The Labute approximate surface area is 170 Å². The molecule has 0 saturated carbocycles. The number of allylic oxidation sites excluding steroid dienone is 2. The minimum atomic E-state index is -0.216. The first-order valence-corrected chi connectivity index (χ1v) is 10.3. The quantitative estimate of drug-likeness (QED) is 0.409. The fourth-order valence-corrected chi connectivity index (χ4v) is 3.69. The zero-order valence-electron chi connectivity index (χ0n) is 16.7. The van der Waals surface area contributed by atoms with Crippen molar-refractivity contribution in [2.24, 2.45) is 10.9 Å². The molecule has 2 nitrogen and oxygen atoms in total. The van der Waals surface area contributed by atoms with Crippen molar-refractivity contribution < 1.29 is 4.39 Å². The topological polar surface area (TPSA) is 25.2 Å². The lowest BCUT2D eigenvalue weighted by Crippen LogP contribution is -1.91. The summed E-state index contributed by atoms with van der Waals surface area (Å²) in [6.07, 6.45) is 4.92. The standard InChI is InChI=1S/C24H25FN2S/c1-16(2)8-9-18(4)26-23-17(3)6-5-7-22(23)24-27-21(15-28-24)14-19-10-12-20(25)13-11-19/h5-13,15-16H,14H2,1-4H3/b9-8-,26-18?. The van der Waals surface area contributed by atoms with Crippen molar-refractivity contribution in [3.05, 3.63) is 82.6 Å². The molecule has 4 heteroatoms. The van der Waals surface area contributed by atoms with Crippen molar-refractivity contribution in [3.63, 3.8) is 0 Å². The van der Waals surface area contributed by atoms with E-state index in [1.807, 2.05) is 13.0 Å². The largest absolute Gasteiger partial charge is 0.253 e. The smallest absolute Gasteiger partial charge is 0.125 e. The van der Waals surface area contributed by atoms with Crippen LogP contribution in [-0.4, -0.2) is 10.7 Å². The lowest BCUT2D eigenvalue weighted by atomic mass is 10.1. The van der Waals surface area contributed by atoms with Crippen molar-refractivity contribution in [1.29, 1.82) is 0 Å². The molecule has 0 radical (unpaired) electrons. The molecule has 0 aliphatic heterocycles. The molecule has 3 rings (SSSR count). The fraction of sp³-hybridized carbons (Fsp3) is 0.250. The Hall–Kier alpha value is -2.59. The summed E-state index contributed by atoms with van der Waals surface area (Å²) in [6, 6.07) is 12.8. The molecule has 1 heterocycles. The van der Waals surface area contributed by atoms with Gasteiger partial charge < -0.3 is 0 Å². The Kier molecular flexibility index (Phi) is 6.53. The number of aryl methyl sites for hydroxylation is 1. The maximum atomic E-state index is 13.1. The van der Waals surface area contributed by atoms with Gasteiger partial charge >= 0.3 is 0 Å². The van der Waals surface area contributed by atoms with Crippen molar-refractivity contribution in [2.45, 2.75) is 34.1 Å². The number of thiazole rings is 1. The lowest BCUT2D eigenvalue weighted by molar-refractivity contribution is 0.627. The second-order valence-electron chi connectivity index (χ2n) is 7.27. The number of aliphatic imine (C=N–C) groups is 1. The average molecular weight is 393 g/mol. The van der Waals surface area contributed by atoms with E-state index in [2.05, 4.69) is 50.4 Å². The van der Waals surface area contributed by atoms with Crippen LogP contribution in [0.4, 0.5) is 10.1 Å². The number of benzene rings is 2.